The van der Waals surface area contributed by atoms with Crippen LogP contribution in [0.1, 0.15) is 5.56 Å². The van der Waals surface area contributed by atoms with E-state index >= 15 is 0 Å². The number of methoxy groups -OCH3 is 1. The van der Waals surface area contributed by atoms with E-state index < -0.39 is 0 Å². The van der Waals surface area contributed by atoms with Crippen LogP contribution in [-0.4, -0.2) is 27.0 Å². The van der Waals surface area contributed by atoms with Crippen molar-refractivity contribution in [2.75, 3.05) is 7.11 Å². The summed E-state index contributed by atoms with van der Waals surface area (Å²) >= 11 is 0. The molecule has 2 aromatic heterocycles. The Morgan fingerprint density at radius 2 is 1.74 bits per heavy atom. The number of hydrogen-bond acceptors (Lipinski definition) is 6. The van der Waals surface area contributed by atoms with E-state index in [0.29, 0.717) is 5.82 Å². The van der Waals surface area contributed by atoms with E-state index in [0.717, 1.165) is 22.6 Å². The Kier molecular flexibility index (Phi) is 4.25. The highest BCUT2D eigenvalue weighted by Gasteiger charge is 2.16. The fraction of sp³-hybridized carbons (Fsp3) is 0.100. The van der Waals surface area contributed by atoms with E-state index in [1.807, 2.05) is 55.5 Å². The molecule has 0 aliphatic heterocycles. The van der Waals surface area contributed by atoms with E-state index in [1.54, 1.807) is 18.0 Å². The van der Waals surface area contributed by atoms with Gasteiger partial charge in [0.25, 0.3) is 5.89 Å². The Bertz CT molecular complexity index is 1130. The molecule has 0 radical (unpaired) electrons. The maximum Gasteiger partial charge on any atom is 0.282 e. The van der Waals surface area contributed by atoms with Crippen molar-refractivity contribution >= 4 is 0 Å². The van der Waals surface area contributed by atoms with Crippen molar-refractivity contribution in [3.05, 3.63) is 76.6 Å². The van der Waals surface area contributed by atoms with Crippen molar-refractivity contribution in [3.8, 4) is 34.4 Å². The van der Waals surface area contributed by atoms with Crippen LogP contribution in [-0.2, 0) is 0 Å². The molecule has 2 aromatic carbocycles. The number of hydrogen-bond donors (Lipinski definition) is 0. The number of aromatic nitrogens is 4. The number of rotatable bonds is 4. The van der Waals surface area contributed by atoms with Crippen LogP contribution in [0.25, 0.3) is 28.7 Å². The average Bonchev–Trinajstić information content (AvgIpc) is 3.19. The van der Waals surface area contributed by atoms with Gasteiger partial charge in [-0.25, -0.2) is 4.68 Å². The third-order valence-electron chi connectivity index (χ3n) is 4.08. The molecule has 134 valence electrons. The number of benzene rings is 2. The molecule has 0 fully saturated rings. The largest absolute Gasteiger partial charge is 0.497 e. The standard InChI is InChI=1S/C20H16N4O3/c1-13-3-5-14(6-4-13)19-21-20(27-23-19)18-17(25)11-12-24(22-18)15-7-9-16(26-2)10-8-15/h3-12H,1-2H3. The summed E-state index contributed by atoms with van der Waals surface area (Å²) in [6.07, 6.45) is 1.59. The lowest BCUT2D eigenvalue weighted by molar-refractivity contribution is 0.414. The van der Waals surface area contributed by atoms with Crippen molar-refractivity contribution < 1.29 is 9.26 Å². The zero-order valence-electron chi connectivity index (χ0n) is 14.8. The summed E-state index contributed by atoms with van der Waals surface area (Å²) in [5.41, 5.74) is 2.52. The summed E-state index contributed by atoms with van der Waals surface area (Å²) in [4.78, 5) is 16.6. The Balaban J connectivity index is 1.71. The Labute approximate surface area is 154 Å². The van der Waals surface area contributed by atoms with Gasteiger partial charge in [-0.1, -0.05) is 35.0 Å². The highest BCUT2D eigenvalue weighted by Crippen LogP contribution is 2.20. The van der Waals surface area contributed by atoms with E-state index in [4.69, 9.17) is 9.26 Å². The first-order valence-corrected chi connectivity index (χ1v) is 8.29. The van der Waals surface area contributed by atoms with Crippen LogP contribution in [0, 0.1) is 6.92 Å². The normalized spacial score (nSPS) is 10.7. The minimum atomic E-state index is -0.293. The minimum Gasteiger partial charge on any atom is -0.497 e. The van der Waals surface area contributed by atoms with Crippen molar-refractivity contribution in [2.45, 2.75) is 6.92 Å². The lowest BCUT2D eigenvalue weighted by Crippen LogP contribution is -2.12. The number of aryl methyl sites for hydroxylation is 1. The number of ether oxygens (including phenoxy) is 1. The zero-order valence-corrected chi connectivity index (χ0v) is 14.8. The topological polar surface area (TPSA) is 83.0 Å². The predicted molar refractivity (Wildman–Crippen MR) is 99.9 cm³/mol. The smallest absolute Gasteiger partial charge is 0.282 e. The van der Waals surface area contributed by atoms with Crippen LogP contribution >= 0.6 is 0 Å². The van der Waals surface area contributed by atoms with Crippen molar-refractivity contribution in [2.24, 2.45) is 0 Å². The summed E-state index contributed by atoms with van der Waals surface area (Å²) < 4.78 is 12.0. The summed E-state index contributed by atoms with van der Waals surface area (Å²) in [7, 11) is 1.60. The Morgan fingerprint density at radius 3 is 2.44 bits per heavy atom. The lowest BCUT2D eigenvalue weighted by atomic mass is 10.1. The van der Waals surface area contributed by atoms with E-state index in [9.17, 15) is 4.79 Å². The van der Waals surface area contributed by atoms with Crippen LogP contribution in [0.3, 0.4) is 0 Å². The first-order valence-electron chi connectivity index (χ1n) is 8.29. The highest BCUT2D eigenvalue weighted by molar-refractivity contribution is 5.58. The monoisotopic (exact) mass is 360 g/mol. The van der Waals surface area contributed by atoms with Crippen LogP contribution in [0.15, 0.2) is 70.1 Å². The molecule has 4 rings (SSSR count). The van der Waals surface area contributed by atoms with Gasteiger partial charge in [0.2, 0.25) is 11.3 Å². The highest BCUT2D eigenvalue weighted by atomic mass is 16.5. The fourth-order valence-electron chi connectivity index (χ4n) is 2.57. The molecule has 0 saturated carbocycles. The van der Waals surface area contributed by atoms with Gasteiger partial charge in [-0.3, -0.25) is 4.79 Å². The van der Waals surface area contributed by atoms with Crippen LogP contribution < -0.4 is 10.2 Å². The molecule has 0 N–H and O–H groups in total. The molecule has 7 nitrogen and oxygen atoms in total. The van der Waals surface area contributed by atoms with Crippen molar-refractivity contribution in [3.63, 3.8) is 0 Å². The summed E-state index contributed by atoms with van der Waals surface area (Å²) in [6, 6.07) is 16.5. The quantitative estimate of drug-likeness (QED) is 0.555. The molecule has 0 atom stereocenters. The fourth-order valence-corrected chi connectivity index (χ4v) is 2.57. The molecule has 0 bridgehead atoms. The van der Waals surface area contributed by atoms with Gasteiger partial charge in [-0.15, -0.1) is 0 Å². The summed E-state index contributed by atoms with van der Waals surface area (Å²) in [5.74, 6) is 1.23. The van der Waals surface area contributed by atoms with Gasteiger partial charge in [-0.05, 0) is 31.2 Å². The van der Waals surface area contributed by atoms with Gasteiger partial charge in [0.15, 0.2) is 5.69 Å². The summed E-state index contributed by atoms with van der Waals surface area (Å²) in [6.45, 7) is 2.00. The average molecular weight is 360 g/mol. The van der Waals surface area contributed by atoms with Gasteiger partial charge < -0.3 is 9.26 Å². The maximum atomic E-state index is 12.3. The van der Waals surface area contributed by atoms with Crippen molar-refractivity contribution in [1.82, 2.24) is 19.9 Å². The molecule has 2 heterocycles. The molecule has 0 saturated heterocycles. The molecule has 0 amide bonds. The van der Waals surface area contributed by atoms with Gasteiger partial charge in [-0.2, -0.15) is 10.1 Å². The van der Waals surface area contributed by atoms with Crippen LogP contribution in [0.4, 0.5) is 0 Å². The SMILES string of the molecule is COc1ccc(-n2ccc(=O)c(-c3nc(-c4ccc(C)cc4)no3)n2)cc1. The zero-order chi connectivity index (χ0) is 18.8. The van der Waals surface area contributed by atoms with Crippen LogP contribution in [0.2, 0.25) is 0 Å². The third kappa shape index (κ3) is 3.35. The van der Waals surface area contributed by atoms with E-state index in [-0.39, 0.29) is 17.0 Å². The molecule has 27 heavy (non-hydrogen) atoms. The first kappa shape index (κ1) is 16.7. The molecule has 7 heteroatoms. The molecule has 0 aliphatic carbocycles. The minimum absolute atomic E-state index is 0.0819. The predicted octanol–water partition coefficient (Wildman–Crippen LogP) is 3.27. The van der Waals surface area contributed by atoms with Crippen molar-refractivity contribution in [1.29, 1.82) is 0 Å². The molecule has 0 unspecified atom stereocenters. The molecule has 0 aliphatic rings. The second-order valence-electron chi connectivity index (χ2n) is 5.96. The lowest BCUT2D eigenvalue weighted by Gasteiger charge is -2.06. The van der Waals surface area contributed by atoms with Gasteiger partial charge >= 0.3 is 0 Å². The summed E-state index contributed by atoms with van der Waals surface area (Å²) in [5, 5.41) is 8.32. The molecular formula is C20H16N4O3. The van der Waals surface area contributed by atoms with Gasteiger partial charge in [0, 0.05) is 17.8 Å². The maximum absolute atomic E-state index is 12.3. The first-order chi connectivity index (χ1) is 13.1. The Morgan fingerprint density at radius 1 is 1.00 bits per heavy atom. The second-order valence-corrected chi connectivity index (χ2v) is 5.96. The molecular weight excluding hydrogens is 344 g/mol. The Hall–Kier alpha value is -3.74. The molecule has 4 aromatic rings. The molecule has 0 spiro atoms. The van der Waals surface area contributed by atoms with Gasteiger partial charge in [0.1, 0.15) is 5.75 Å². The van der Waals surface area contributed by atoms with E-state index in [1.165, 1.54) is 6.07 Å². The van der Waals surface area contributed by atoms with Crippen LogP contribution in [0.5, 0.6) is 5.75 Å². The van der Waals surface area contributed by atoms with E-state index in [2.05, 4.69) is 15.2 Å². The third-order valence-corrected chi connectivity index (χ3v) is 4.08. The van der Waals surface area contributed by atoms with Gasteiger partial charge in [0.05, 0.1) is 12.8 Å². The second kappa shape index (κ2) is 6.87. The number of nitrogens with zero attached hydrogens (tertiary/aromatic N) is 4.